The third-order valence-electron chi connectivity index (χ3n) is 3.38. The maximum absolute atomic E-state index is 11.4. The summed E-state index contributed by atoms with van der Waals surface area (Å²) in [6.45, 7) is 1.73. The molecular formula is C13H15BrO. The summed E-state index contributed by atoms with van der Waals surface area (Å²) < 4.78 is 1.12. The van der Waals surface area contributed by atoms with Gasteiger partial charge in [0.2, 0.25) is 0 Å². The van der Waals surface area contributed by atoms with Crippen molar-refractivity contribution in [3.05, 3.63) is 34.3 Å². The molecule has 0 saturated heterocycles. The number of rotatable bonds is 4. The van der Waals surface area contributed by atoms with Gasteiger partial charge in [-0.3, -0.25) is 4.79 Å². The number of hydrogen-bond acceptors (Lipinski definition) is 1. The fourth-order valence-electron chi connectivity index (χ4n) is 2.01. The van der Waals surface area contributed by atoms with Crippen LogP contribution in [0.5, 0.6) is 0 Å². The van der Waals surface area contributed by atoms with Crippen molar-refractivity contribution in [3.8, 4) is 0 Å². The summed E-state index contributed by atoms with van der Waals surface area (Å²) in [7, 11) is 0. The third-order valence-corrected chi connectivity index (χ3v) is 3.87. The van der Waals surface area contributed by atoms with Gasteiger partial charge in [-0.25, -0.2) is 0 Å². The second kappa shape index (κ2) is 4.09. The number of Topliss-reactive ketones (excluding diaryl/α,β-unsaturated/α-hetero) is 1. The Kier molecular flexibility index (Phi) is 2.96. The predicted octanol–water partition coefficient (Wildman–Crippen LogP) is 3.75. The van der Waals surface area contributed by atoms with Crippen molar-refractivity contribution in [2.45, 2.75) is 32.6 Å². The molecule has 0 spiro atoms. The number of hydrogen-bond donors (Lipinski definition) is 0. The minimum atomic E-state index is 0.0440. The fourth-order valence-corrected chi connectivity index (χ4v) is 2.45. The molecule has 0 aliphatic heterocycles. The van der Waals surface area contributed by atoms with Crippen LogP contribution in [-0.4, -0.2) is 5.78 Å². The van der Waals surface area contributed by atoms with E-state index in [4.69, 9.17) is 0 Å². The van der Waals surface area contributed by atoms with Crippen LogP contribution >= 0.6 is 15.9 Å². The molecule has 0 unspecified atom stereocenters. The molecule has 2 heteroatoms. The van der Waals surface area contributed by atoms with Gasteiger partial charge < -0.3 is 0 Å². The largest absolute Gasteiger partial charge is 0.299 e. The van der Waals surface area contributed by atoms with Gasteiger partial charge >= 0.3 is 0 Å². The van der Waals surface area contributed by atoms with Crippen LogP contribution < -0.4 is 0 Å². The minimum Gasteiger partial charge on any atom is -0.299 e. The van der Waals surface area contributed by atoms with E-state index in [9.17, 15) is 4.79 Å². The van der Waals surface area contributed by atoms with Crippen molar-refractivity contribution in [1.29, 1.82) is 0 Å². The van der Waals surface area contributed by atoms with Crippen molar-refractivity contribution in [1.82, 2.24) is 0 Å². The number of carbonyl (C=O) groups excluding carboxylic acids is 1. The molecule has 0 amide bonds. The lowest BCUT2D eigenvalue weighted by atomic mass is 9.93. The Morgan fingerprint density at radius 2 is 2.20 bits per heavy atom. The van der Waals surface area contributed by atoms with Crippen LogP contribution in [0.25, 0.3) is 0 Å². The molecule has 1 aromatic carbocycles. The average molecular weight is 267 g/mol. The van der Waals surface area contributed by atoms with Gasteiger partial charge in [-0.2, -0.15) is 0 Å². The van der Waals surface area contributed by atoms with Crippen LogP contribution in [0.3, 0.4) is 0 Å². The zero-order valence-corrected chi connectivity index (χ0v) is 10.5. The highest BCUT2D eigenvalue weighted by molar-refractivity contribution is 9.10. The Labute approximate surface area is 99.0 Å². The van der Waals surface area contributed by atoms with E-state index in [1.807, 2.05) is 12.1 Å². The normalized spacial score (nSPS) is 17.5. The minimum absolute atomic E-state index is 0.0440. The van der Waals surface area contributed by atoms with E-state index in [1.165, 1.54) is 5.56 Å². The molecule has 0 aromatic heterocycles. The lowest BCUT2D eigenvalue weighted by molar-refractivity contribution is -0.122. The maximum atomic E-state index is 11.4. The first-order valence-corrected chi connectivity index (χ1v) is 6.17. The molecule has 80 valence electrons. The van der Waals surface area contributed by atoms with Gasteiger partial charge in [-0.05, 0) is 50.3 Å². The van der Waals surface area contributed by atoms with Gasteiger partial charge in [-0.1, -0.05) is 28.1 Å². The monoisotopic (exact) mass is 266 g/mol. The van der Waals surface area contributed by atoms with E-state index in [0.29, 0.717) is 5.78 Å². The third kappa shape index (κ3) is 2.49. The topological polar surface area (TPSA) is 17.1 Å². The zero-order chi connectivity index (χ0) is 10.9. The molecule has 0 bridgehead atoms. The summed E-state index contributed by atoms with van der Waals surface area (Å²) in [5.41, 5.74) is 1.36. The number of benzene rings is 1. The average Bonchev–Trinajstić information content (AvgIpc) is 2.96. The summed E-state index contributed by atoms with van der Waals surface area (Å²) in [6.07, 6.45) is 4.21. The quantitative estimate of drug-likeness (QED) is 0.812. The van der Waals surface area contributed by atoms with Crippen molar-refractivity contribution < 1.29 is 4.79 Å². The summed E-state index contributed by atoms with van der Waals surface area (Å²) in [5, 5.41) is 0. The fraction of sp³-hybridized carbons (Fsp3) is 0.462. The highest BCUT2D eigenvalue weighted by Crippen LogP contribution is 2.50. The van der Waals surface area contributed by atoms with Gasteiger partial charge in [-0.15, -0.1) is 0 Å². The highest BCUT2D eigenvalue weighted by atomic mass is 79.9. The van der Waals surface area contributed by atoms with Crippen molar-refractivity contribution in [3.63, 3.8) is 0 Å². The van der Waals surface area contributed by atoms with Gasteiger partial charge in [0.05, 0.1) is 0 Å². The molecule has 2 rings (SSSR count). The van der Waals surface area contributed by atoms with Gasteiger partial charge in [0.25, 0.3) is 0 Å². The number of aryl methyl sites for hydroxylation is 1. The Bertz CT molecular complexity index is 380. The summed E-state index contributed by atoms with van der Waals surface area (Å²) in [4.78, 5) is 11.4. The van der Waals surface area contributed by atoms with Crippen LogP contribution in [0.4, 0.5) is 0 Å². The SMILES string of the molecule is CC(=O)C1(CCc2cccc(Br)c2)CC1. The zero-order valence-electron chi connectivity index (χ0n) is 8.92. The first kappa shape index (κ1) is 10.9. The molecule has 0 heterocycles. The van der Waals surface area contributed by atoms with Crippen LogP contribution in [0.15, 0.2) is 28.7 Å². The number of ketones is 1. The van der Waals surface area contributed by atoms with E-state index in [-0.39, 0.29) is 5.41 Å². The molecule has 1 aliphatic carbocycles. The lowest BCUT2D eigenvalue weighted by Gasteiger charge is -2.10. The molecule has 1 aromatic rings. The van der Waals surface area contributed by atoms with Crippen molar-refractivity contribution in [2.24, 2.45) is 5.41 Å². The highest BCUT2D eigenvalue weighted by Gasteiger charge is 2.46. The lowest BCUT2D eigenvalue weighted by Crippen LogP contribution is -2.12. The molecule has 1 nitrogen and oxygen atoms in total. The van der Waals surface area contributed by atoms with E-state index in [2.05, 4.69) is 28.1 Å². The molecule has 0 radical (unpaired) electrons. The molecule has 0 N–H and O–H groups in total. The van der Waals surface area contributed by atoms with Crippen LogP contribution in [0, 0.1) is 5.41 Å². The Morgan fingerprint density at radius 1 is 1.47 bits per heavy atom. The first-order chi connectivity index (χ1) is 7.12. The molecule has 1 aliphatic rings. The number of halogens is 1. The standard InChI is InChI=1S/C13H15BrO/c1-10(15)13(7-8-13)6-5-11-3-2-4-12(14)9-11/h2-4,9H,5-8H2,1H3. The smallest absolute Gasteiger partial charge is 0.135 e. The molecule has 15 heavy (non-hydrogen) atoms. The van der Waals surface area contributed by atoms with Crippen LogP contribution in [0.2, 0.25) is 0 Å². The Hall–Kier alpha value is -0.630. The summed E-state index contributed by atoms with van der Waals surface area (Å²) >= 11 is 3.46. The van der Waals surface area contributed by atoms with E-state index >= 15 is 0 Å². The van der Waals surface area contributed by atoms with Gasteiger partial charge in [0.15, 0.2) is 0 Å². The Balaban J connectivity index is 1.96. The second-order valence-corrected chi connectivity index (χ2v) is 5.38. The number of carbonyl (C=O) groups is 1. The van der Waals surface area contributed by atoms with Crippen LogP contribution in [-0.2, 0) is 11.2 Å². The predicted molar refractivity (Wildman–Crippen MR) is 64.8 cm³/mol. The second-order valence-electron chi connectivity index (χ2n) is 4.47. The van der Waals surface area contributed by atoms with E-state index in [0.717, 1.165) is 30.2 Å². The van der Waals surface area contributed by atoms with E-state index in [1.54, 1.807) is 6.92 Å². The van der Waals surface area contributed by atoms with Crippen molar-refractivity contribution >= 4 is 21.7 Å². The molecule has 1 fully saturated rings. The van der Waals surface area contributed by atoms with Gasteiger partial charge in [0.1, 0.15) is 5.78 Å². The van der Waals surface area contributed by atoms with E-state index < -0.39 is 0 Å². The van der Waals surface area contributed by atoms with Crippen molar-refractivity contribution in [2.75, 3.05) is 0 Å². The summed E-state index contributed by atoms with van der Waals surface area (Å²) in [6, 6.07) is 8.34. The molecule has 0 atom stereocenters. The Morgan fingerprint density at radius 3 is 2.73 bits per heavy atom. The maximum Gasteiger partial charge on any atom is 0.135 e. The summed E-state index contributed by atoms with van der Waals surface area (Å²) in [5.74, 6) is 0.373. The van der Waals surface area contributed by atoms with Crippen LogP contribution in [0.1, 0.15) is 31.7 Å². The van der Waals surface area contributed by atoms with Gasteiger partial charge in [0, 0.05) is 9.89 Å². The molecular weight excluding hydrogens is 252 g/mol. The molecule has 1 saturated carbocycles. The first-order valence-electron chi connectivity index (χ1n) is 5.38.